The standard InChI is InChI=1S/C19H38N2O3/c1-4-5-6-7-8-9-10-11-12-15-18(22)20-16-13-14-17(19(23)24)21(2)3/h17H,4-16H2,1-3H3,(H,20,22)(H,23,24). The van der Waals surface area contributed by atoms with Gasteiger partial charge in [0, 0.05) is 13.0 Å². The van der Waals surface area contributed by atoms with Crippen LogP contribution in [0.15, 0.2) is 0 Å². The number of aliphatic carboxylic acids is 1. The average Bonchev–Trinajstić information content (AvgIpc) is 2.52. The van der Waals surface area contributed by atoms with Crippen LogP contribution in [-0.4, -0.2) is 48.6 Å². The quantitative estimate of drug-likeness (QED) is 0.418. The molecule has 0 rings (SSSR count). The third-order valence-electron chi connectivity index (χ3n) is 4.39. The summed E-state index contributed by atoms with van der Waals surface area (Å²) in [5.74, 6) is -0.712. The monoisotopic (exact) mass is 342 g/mol. The Labute approximate surface area is 148 Å². The van der Waals surface area contributed by atoms with Gasteiger partial charge in [0.1, 0.15) is 6.04 Å². The molecule has 0 aromatic heterocycles. The van der Waals surface area contributed by atoms with Crippen LogP contribution >= 0.6 is 0 Å². The Morgan fingerprint density at radius 2 is 1.46 bits per heavy atom. The van der Waals surface area contributed by atoms with E-state index in [2.05, 4.69) is 12.2 Å². The second kappa shape index (κ2) is 15.4. The van der Waals surface area contributed by atoms with E-state index in [1.165, 1.54) is 44.9 Å². The first-order chi connectivity index (χ1) is 11.5. The van der Waals surface area contributed by atoms with Gasteiger partial charge in [-0.05, 0) is 33.4 Å². The van der Waals surface area contributed by atoms with E-state index in [0.29, 0.717) is 25.8 Å². The molecule has 1 atom stereocenters. The summed E-state index contributed by atoms with van der Waals surface area (Å²) in [7, 11) is 3.53. The molecule has 0 aromatic carbocycles. The Balaban J connectivity index is 3.46. The number of likely N-dealkylation sites (N-methyl/N-ethyl adjacent to an activating group) is 1. The number of hydrogen-bond acceptors (Lipinski definition) is 3. The highest BCUT2D eigenvalue weighted by Gasteiger charge is 2.18. The average molecular weight is 343 g/mol. The smallest absolute Gasteiger partial charge is 0.320 e. The first-order valence-corrected chi connectivity index (χ1v) is 9.65. The number of hydrogen-bond donors (Lipinski definition) is 2. The first-order valence-electron chi connectivity index (χ1n) is 9.65. The highest BCUT2D eigenvalue weighted by atomic mass is 16.4. The summed E-state index contributed by atoms with van der Waals surface area (Å²) in [6.07, 6.45) is 13.1. The zero-order chi connectivity index (χ0) is 18.2. The molecule has 1 amide bonds. The molecule has 0 spiro atoms. The molecule has 0 aliphatic rings. The number of unbranched alkanes of at least 4 members (excludes halogenated alkanes) is 8. The molecular formula is C19H38N2O3. The molecule has 5 nitrogen and oxygen atoms in total. The SMILES string of the molecule is CCCCCCCCCCCC(=O)NCCCC(C(=O)O)N(C)C. The third kappa shape index (κ3) is 13.3. The number of nitrogens with one attached hydrogen (secondary N) is 1. The maximum atomic E-state index is 11.7. The Hall–Kier alpha value is -1.10. The highest BCUT2D eigenvalue weighted by Crippen LogP contribution is 2.10. The normalized spacial score (nSPS) is 12.3. The molecule has 1 unspecified atom stereocenters. The van der Waals surface area contributed by atoms with Gasteiger partial charge in [-0.1, -0.05) is 58.3 Å². The number of carboxylic acids is 1. The van der Waals surface area contributed by atoms with Crippen molar-refractivity contribution in [3.8, 4) is 0 Å². The number of carbonyl (C=O) groups is 2. The molecule has 0 radical (unpaired) electrons. The fourth-order valence-electron chi connectivity index (χ4n) is 2.81. The number of rotatable bonds is 16. The molecule has 0 saturated heterocycles. The van der Waals surface area contributed by atoms with Crippen LogP contribution in [-0.2, 0) is 9.59 Å². The second-order valence-corrected chi connectivity index (χ2v) is 6.89. The molecule has 142 valence electrons. The minimum Gasteiger partial charge on any atom is -0.480 e. The number of amides is 1. The van der Waals surface area contributed by atoms with Crippen molar-refractivity contribution in [2.24, 2.45) is 0 Å². The summed E-state index contributed by atoms with van der Waals surface area (Å²) in [6.45, 7) is 2.80. The lowest BCUT2D eigenvalue weighted by atomic mass is 10.1. The number of nitrogens with zero attached hydrogens (tertiary/aromatic N) is 1. The van der Waals surface area contributed by atoms with Crippen LogP contribution in [0.5, 0.6) is 0 Å². The van der Waals surface area contributed by atoms with Crippen molar-refractivity contribution in [3.63, 3.8) is 0 Å². The summed E-state index contributed by atoms with van der Waals surface area (Å²) in [4.78, 5) is 24.5. The van der Waals surface area contributed by atoms with Gasteiger partial charge in [-0.3, -0.25) is 14.5 Å². The van der Waals surface area contributed by atoms with Crippen molar-refractivity contribution < 1.29 is 14.7 Å². The van der Waals surface area contributed by atoms with Gasteiger partial charge < -0.3 is 10.4 Å². The molecule has 5 heteroatoms. The predicted octanol–water partition coefficient (Wildman–Crippen LogP) is 3.82. The van der Waals surface area contributed by atoms with Gasteiger partial charge in [0.05, 0.1) is 0 Å². The zero-order valence-electron chi connectivity index (χ0n) is 16.0. The van der Waals surface area contributed by atoms with Crippen molar-refractivity contribution in [2.75, 3.05) is 20.6 Å². The maximum Gasteiger partial charge on any atom is 0.320 e. The molecule has 0 aliphatic heterocycles. The molecule has 0 saturated carbocycles. The summed E-state index contributed by atoms with van der Waals surface area (Å²) >= 11 is 0. The van der Waals surface area contributed by atoms with E-state index in [1.807, 2.05) is 0 Å². The van der Waals surface area contributed by atoms with Crippen LogP contribution in [0.2, 0.25) is 0 Å². The molecule has 0 aliphatic carbocycles. The lowest BCUT2D eigenvalue weighted by Crippen LogP contribution is -2.36. The van der Waals surface area contributed by atoms with Crippen molar-refractivity contribution >= 4 is 11.9 Å². The van der Waals surface area contributed by atoms with Crippen molar-refractivity contribution in [1.29, 1.82) is 0 Å². The fraction of sp³-hybridized carbons (Fsp3) is 0.895. The zero-order valence-corrected chi connectivity index (χ0v) is 16.0. The molecule has 0 heterocycles. The van der Waals surface area contributed by atoms with Gasteiger partial charge in [0.15, 0.2) is 0 Å². The highest BCUT2D eigenvalue weighted by molar-refractivity contribution is 5.75. The number of carboxylic acid groups (broad SMARTS) is 1. The summed E-state index contributed by atoms with van der Waals surface area (Å²) in [6, 6.07) is -0.473. The van der Waals surface area contributed by atoms with Crippen LogP contribution in [0.25, 0.3) is 0 Å². The second-order valence-electron chi connectivity index (χ2n) is 6.89. The van der Waals surface area contributed by atoms with E-state index in [4.69, 9.17) is 5.11 Å². The van der Waals surface area contributed by atoms with Crippen molar-refractivity contribution in [1.82, 2.24) is 10.2 Å². The van der Waals surface area contributed by atoms with E-state index in [1.54, 1.807) is 19.0 Å². The van der Waals surface area contributed by atoms with E-state index in [0.717, 1.165) is 12.8 Å². The Bertz CT molecular complexity index is 333. The van der Waals surface area contributed by atoms with Crippen molar-refractivity contribution in [2.45, 2.75) is 90.0 Å². The van der Waals surface area contributed by atoms with E-state index in [9.17, 15) is 9.59 Å². The first kappa shape index (κ1) is 22.9. The van der Waals surface area contributed by atoms with Crippen LogP contribution in [0.4, 0.5) is 0 Å². The van der Waals surface area contributed by atoms with E-state index < -0.39 is 12.0 Å². The Morgan fingerprint density at radius 1 is 0.917 bits per heavy atom. The maximum absolute atomic E-state index is 11.7. The molecule has 0 fully saturated rings. The predicted molar refractivity (Wildman–Crippen MR) is 99.2 cm³/mol. The van der Waals surface area contributed by atoms with Crippen LogP contribution < -0.4 is 5.32 Å². The van der Waals surface area contributed by atoms with Gasteiger partial charge in [-0.2, -0.15) is 0 Å². The van der Waals surface area contributed by atoms with Crippen molar-refractivity contribution in [3.05, 3.63) is 0 Å². The molecular weight excluding hydrogens is 304 g/mol. The largest absolute Gasteiger partial charge is 0.480 e. The fourth-order valence-corrected chi connectivity index (χ4v) is 2.81. The van der Waals surface area contributed by atoms with E-state index in [-0.39, 0.29) is 5.91 Å². The van der Waals surface area contributed by atoms with Crippen LogP contribution in [0.3, 0.4) is 0 Å². The molecule has 0 bridgehead atoms. The number of carbonyl (C=O) groups excluding carboxylic acids is 1. The molecule has 2 N–H and O–H groups in total. The molecule has 24 heavy (non-hydrogen) atoms. The minimum absolute atomic E-state index is 0.0923. The lowest BCUT2D eigenvalue weighted by Gasteiger charge is -2.19. The summed E-state index contributed by atoms with van der Waals surface area (Å²) < 4.78 is 0. The van der Waals surface area contributed by atoms with Gasteiger partial charge in [0.2, 0.25) is 5.91 Å². The Kier molecular flexibility index (Phi) is 14.7. The summed E-state index contributed by atoms with van der Waals surface area (Å²) in [5.41, 5.74) is 0. The van der Waals surface area contributed by atoms with Gasteiger partial charge in [-0.15, -0.1) is 0 Å². The lowest BCUT2D eigenvalue weighted by molar-refractivity contribution is -0.142. The van der Waals surface area contributed by atoms with Gasteiger partial charge >= 0.3 is 5.97 Å². The topological polar surface area (TPSA) is 69.6 Å². The Morgan fingerprint density at radius 3 is 1.96 bits per heavy atom. The van der Waals surface area contributed by atoms with Gasteiger partial charge in [0.25, 0.3) is 0 Å². The summed E-state index contributed by atoms with van der Waals surface area (Å²) in [5, 5.41) is 12.0. The van der Waals surface area contributed by atoms with Crippen LogP contribution in [0.1, 0.15) is 84.0 Å². The molecule has 0 aromatic rings. The van der Waals surface area contributed by atoms with Gasteiger partial charge in [-0.25, -0.2) is 0 Å². The van der Waals surface area contributed by atoms with E-state index >= 15 is 0 Å². The minimum atomic E-state index is -0.805. The third-order valence-corrected chi connectivity index (χ3v) is 4.39. The van der Waals surface area contributed by atoms with Crippen LogP contribution in [0, 0.1) is 0 Å².